The second kappa shape index (κ2) is 9.92. The zero-order valence-electron chi connectivity index (χ0n) is 19.6. The minimum atomic E-state index is -0.565. The monoisotopic (exact) mass is 485 g/mol. The molecular formula is C27H27N5O2S. The number of para-hydroxylation sites is 1. The fraction of sp³-hybridized carbons (Fsp3) is 0.259. The maximum Gasteiger partial charge on any atom is 0.251 e. The fourth-order valence-corrected chi connectivity index (χ4v) is 5.27. The molecule has 1 aliphatic heterocycles. The average Bonchev–Trinajstić information content (AvgIpc) is 3.26. The van der Waals surface area contributed by atoms with Gasteiger partial charge in [0, 0.05) is 24.3 Å². The highest BCUT2D eigenvalue weighted by atomic mass is 32.2. The van der Waals surface area contributed by atoms with E-state index >= 15 is 0 Å². The number of carbonyl (C=O) groups excluding carboxylic acids is 2. The Morgan fingerprint density at radius 3 is 2.37 bits per heavy atom. The number of imidazole rings is 1. The Bertz CT molecular complexity index is 1380. The van der Waals surface area contributed by atoms with Gasteiger partial charge in [0.15, 0.2) is 10.8 Å². The molecule has 8 heteroatoms. The number of nitrogens with two attached hydrogens (primary N) is 1. The van der Waals surface area contributed by atoms with E-state index in [-0.39, 0.29) is 11.7 Å². The van der Waals surface area contributed by atoms with Crippen molar-refractivity contribution < 1.29 is 9.59 Å². The zero-order valence-corrected chi connectivity index (χ0v) is 20.4. The zero-order chi connectivity index (χ0) is 24.4. The minimum absolute atomic E-state index is 0.102. The lowest BCUT2D eigenvalue weighted by molar-refractivity contribution is -0.129. The summed E-state index contributed by atoms with van der Waals surface area (Å²) in [6.45, 7) is 3.64. The number of likely N-dealkylation sites (tertiary alicyclic amines) is 1. The first-order chi connectivity index (χ1) is 17.0. The molecule has 0 bridgehead atoms. The smallest absolute Gasteiger partial charge is 0.251 e. The summed E-state index contributed by atoms with van der Waals surface area (Å²) >= 11 is 1.36. The molecule has 2 aromatic heterocycles. The van der Waals surface area contributed by atoms with E-state index < -0.39 is 5.91 Å². The van der Waals surface area contributed by atoms with Crippen molar-refractivity contribution in [2.24, 2.45) is 5.73 Å². The summed E-state index contributed by atoms with van der Waals surface area (Å²) in [6, 6.07) is 19.4. The highest BCUT2D eigenvalue weighted by molar-refractivity contribution is 7.99. The van der Waals surface area contributed by atoms with E-state index in [1.165, 1.54) is 18.2 Å². The van der Waals surface area contributed by atoms with Crippen LogP contribution in [0.25, 0.3) is 28.1 Å². The highest BCUT2D eigenvalue weighted by Crippen LogP contribution is 2.32. The second-order valence-corrected chi connectivity index (χ2v) is 9.70. The number of carbonyl (C=O) groups is 2. The largest absolute Gasteiger partial charge is 0.366 e. The SMILES string of the molecule is Cc1ccc(-c2cc(C(N)=O)c3nc(SCC(=O)N4CCCCC4)n(-c4ccccc4)c3n2)cc1. The van der Waals surface area contributed by atoms with Gasteiger partial charge in [-0.05, 0) is 44.4 Å². The van der Waals surface area contributed by atoms with Crippen LogP contribution in [0, 0.1) is 6.92 Å². The number of thioether (sulfide) groups is 1. The van der Waals surface area contributed by atoms with E-state index in [1.807, 2.05) is 71.0 Å². The van der Waals surface area contributed by atoms with Crippen LogP contribution >= 0.6 is 11.8 Å². The number of amides is 2. The molecule has 4 aromatic rings. The molecule has 1 aliphatic rings. The predicted octanol–water partition coefficient (Wildman–Crippen LogP) is 4.60. The number of benzene rings is 2. The lowest BCUT2D eigenvalue weighted by Gasteiger charge is -2.26. The third-order valence-electron chi connectivity index (χ3n) is 6.25. The summed E-state index contributed by atoms with van der Waals surface area (Å²) in [7, 11) is 0. The summed E-state index contributed by atoms with van der Waals surface area (Å²) in [5.74, 6) is -0.193. The van der Waals surface area contributed by atoms with Crippen molar-refractivity contribution in [2.75, 3.05) is 18.8 Å². The molecule has 1 saturated heterocycles. The summed E-state index contributed by atoms with van der Waals surface area (Å²) in [5.41, 5.74) is 10.6. The number of hydrogen-bond acceptors (Lipinski definition) is 5. The van der Waals surface area contributed by atoms with Crippen molar-refractivity contribution in [1.82, 2.24) is 19.4 Å². The second-order valence-electron chi connectivity index (χ2n) is 8.75. The van der Waals surface area contributed by atoms with Gasteiger partial charge in [-0.15, -0.1) is 0 Å². The molecule has 0 unspecified atom stereocenters. The molecule has 178 valence electrons. The molecule has 0 saturated carbocycles. The Kier molecular flexibility index (Phi) is 6.55. The molecule has 5 rings (SSSR count). The van der Waals surface area contributed by atoms with Crippen LogP contribution in [0.3, 0.4) is 0 Å². The molecule has 35 heavy (non-hydrogen) atoms. The highest BCUT2D eigenvalue weighted by Gasteiger charge is 2.23. The van der Waals surface area contributed by atoms with Gasteiger partial charge in [0.1, 0.15) is 5.52 Å². The van der Waals surface area contributed by atoms with Crippen LogP contribution in [-0.2, 0) is 4.79 Å². The molecule has 3 heterocycles. The third-order valence-corrected chi connectivity index (χ3v) is 7.17. The summed E-state index contributed by atoms with van der Waals surface area (Å²) in [4.78, 5) is 36.9. The molecule has 0 radical (unpaired) electrons. The first-order valence-electron chi connectivity index (χ1n) is 11.8. The van der Waals surface area contributed by atoms with E-state index in [1.54, 1.807) is 6.07 Å². The number of piperidine rings is 1. The van der Waals surface area contributed by atoms with Gasteiger partial charge in [-0.3, -0.25) is 14.2 Å². The number of pyridine rings is 1. The fourth-order valence-electron chi connectivity index (χ4n) is 4.35. The lowest BCUT2D eigenvalue weighted by atomic mass is 10.1. The number of primary amides is 1. The van der Waals surface area contributed by atoms with E-state index in [0.717, 1.165) is 42.7 Å². The first-order valence-corrected chi connectivity index (χ1v) is 12.8. The maximum atomic E-state index is 12.9. The standard InChI is InChI=1S/C27H27N5O2S/c1-18-10-12-19(13-11-18)22-16-21(25(28)34)24-26(29-22)32(20-8-4-2-5-9-20)27(30-24)35-17-23(33)31-14-6-3-7-15-31/h2,4-5,8-13,16H,3,6-7,14-15,17H2,1H3,(H2,28,34). The van der Waals surface area contributed by atoms with Crippen molar-refractivity contribution in [1.29, 1.82) is 0 Å². The van der Waals surface area contributed by atoms with Gasteiger partial charge in [0.2, 0.25) is 5.91 Å². The van der Waals surface area contributed by atoms with Gasteiger partial charge in [-0.2, -0.15) is 0 Å². The van der Waals surface area contributed by atoms with Gasteiger partial charge in [0.25, 0.3) is 5.91 Å². The molecule has 0 aliphatic carbocycles. The predicted molar refractivity (Wildman–Crippen MR) is 139 cm³/mol. The molecule has 1 fully saturated rings. The average molecular weight is 486 g/mol. The van der Waals surface area contributed by atoms with Gasteiger partial charge in [0.05, 0.1) is 17.0 Å². The van der Waals surface area contributed by atoms with E-state index in [2.05, 4.69) is 0 Å². The van der Waals surface area contributed by atoms with Crippen LogP contribution in [0.15, 0.2) is 65.8 Å². The number of rotatable bonds is 6. The molecule has 0 atom stereocenters. The van der Waals surface area contributed by atoms with E-state index in [4.69, 9.17) is 15.7 Å². The summed E-state index contributed by atoms with van der Waals surface area (Å²) < 4.78 is 1.91. The quantitative estimate of drug-likeness (QED) is 0.403. The van der Waals surface area contributed by atoms with Gasteiger partial charge in [-0.1, -0.05) is 59.8 Å². The summed E-state index contributed by atoms with van der Waals surface area (Å²) in [6.07, 6.45) is 3.27. The molecule has 2 N–H and O–H groups in total. The maximum absolute atomic E-state index is 12.9. The molecule has 7 nitrogen and oxygen atoms in total. The Morgan fingerprint density at radius 2 is 1.69 bits per heavy atom. The lowest BCUT2D eigenvalue weighted by Crippen LogP contribution is -2.36. The van der Waals surface area contributed by atoms with Crippen molar-refractivity contribution in [3.8, 4) is 16.9 Å². The van der Waals surface area contributed by atoms with Gasteiger partial charge >= 0.3 is 0 Å². The molecular weight excluding hydrogens is 458 g/mol. The van der Waals surface area contributed by atoms with Crippen molar-refractivity contribution in [2.45, 2.75) is 31.3 Å². The number of hydrogen-bond donors (Lipinski definition) is 1. The normalized spacial score (nSPS) is 13.8. The van der Waals surface area contributed by atoms with Crippen molar-refractivity contribution in [3.05, 3.63) is 71.8 Å². The Balaban J connectivity index is 1.62. The molecule has 2 aromatic carbocycles. The number of aromatic nitrogens is 3. The topological polar surface area (TPSA) is 94.1 Å². The van der Waals surface area contributed by atoms with Crippen LogP contribution in [0.5, 0.6) is 0 Å². The molecule has 2 amide bonds. The number of aryl methyl sites for hydroxylation is 1. The van der Waals surface area contributed by atoms with Crippen LogP contribution in [0.2, 0.25) is 0 Å². The van der Waals surface area contributed by atoms with Gasteiger partial charge < -0.3 is 10.6 Å². The van der Waals surface area contributed by atoms with Crippen LogP contribution in [0.1, 0.15) is 35.2 Å². The third kappa shape index (κ3) is 4.79. The first kappa shape index (κ1) is 23.1. The Hall–Kier alpha value is -3.65. The van der Waals surface area contributed by atoms with Crippen LogP contribution in [0.4, 0.5) is 0 Å². The van der Waals surface area contributed by atoms with E-state index in [0.29, 0.717) is 27.6 Å². The number of nitrogens with zero attached hydrogens (tertiary/aromatic N) is 4. The summed E-state index contributed by atoms with van der Waals surface area (Å²) in [5, 5.41) is 0.604. The minimum Gasteiger partial charge on any atom is -0.366 e. The van der Waals surface area contributed by atoms with Crippen LogP contribution < -0.4 is 5.73 Å². The van der Waals surface area contributed by atoms with E-state index in [9.17, 15) is 9.59 Å². The molecule has 0 spiro atoms. The van der Waals surface area contributed by atoms with Crippen molar-refractivity contribution in [3.63, 3.8) is 0 Å². The Morgan fingerprint density at radius 1 is 0.971 bits per heavy atom. The Labute approximate surface area is 208 Å². The number of fused-ring (bicyclic) bond motifs is 1. The van der Waals surface area contributed by atoms with Gasteiger partial charge in [-0.25, -0.2) is 9.97 Å². The van der Waals surface area contributed by atoms with Crippen molar-refractivity contribution >= 4 is 34.7 Å². The van der Waals surface area contributed by atoms with Crippen LogP contribution in [-0.4, -0.2) is 50.1 Å².